The van der Waals surface area contributed by atoms with Gasteiger partial charge in [-0.15, -0.1) is 0 Å². The molecule has 1 aliphatic heterocycles. The van der Waals surface area contributed by atoms with Gasteiger partial charge in [0.05, 0.1) is 32.3 Å². The van der Waals surface area contributed by atoms with Gasteiger partial charge in [-0.1, -0.05) is 30.4 Å². The van der Waals surface area contributed by atoms with Crippen molar-refractivity contribution in [2.45, 2.75) is 9.79 Å². The summed E-state index contributed by atoms with van der Waals surface area (Å²) in [6, 6.07) is 6.95. The second kappa shape index (κ2) is 13.9. The van der Waals surface area contributed by atoms with Gasteiger partial charge in [0.15, 0.2) is 11.4 Å². The SMILES string of the molecule is NC(=O)C1=NN(c2ccc(S(=O)(=O)O)cc2[125I])C(=O)\C1=C/C=C/C=C/C=C/c1c(C(N)=O)nn(-c2ccc(S(=O)(=O)O)cc2[125I])c1O. The molecule has 0 aliphatic carbocycles. The molecule has 16 nitrogen and oxygen atoms in total. The Morgan fingerprint density at radius 2 is 1.34 bits per heavy atom. The molecule has 0 unspecified atom stereocenters. The van der Waals surface area contributed by atoms with E-state index in [0.29, 0.717) is 0 Å². The number of nitrogens with two attached hydrogens (primary N) is 2. The largest absolute Gasteiger partial charge is 0.493 e. The van der Waals surface area contributed by atoms with Gasteiger partial charge < -0.3 is 16.6 Å². The normalized spacial score (nSPS) is 15.1. The first kappa shape index (κ1) is 35.6. The zero-order valence-electron chi connectivity index (χ0n) is 23.2. The van der Waals surface area contributed by atoms with Gasteiger partial charge in [0, 0.05) is 7.14 Å². The molecule has 4 rings (SSSR count). The summed E-state index contributed by atoms with van der Waals surface area (Å²) >= 11 is 3.52. The molecule has 20 heteroatoms. The van der Waals surface area contributed by atoms with Crippen molar-refractivity contribution in [2.75, 3.05) is 5.01 Å². The first-order valence-corrected chi connectivity index (χ1v) is 17.6. The van der Waals surface area contributed by atoms with Crippen LogP contribution in [0.2, 0.25) is 0 Å². The maximum absolute atomic E-state index is 13.1. The molecule has 0 bridgehead atoms. The highest BCUT2D eigenvalue weighted by Crippen LogP contribution is 2.31. The van der Waals surface area contributed by atoms with Crippen molar-refractivity contribution in [1.29, 1.82) is 0 Å². The second-order valence-corrected chi connectivity index (χ2v) is 14.3. The van der Waals surface area contributed by atoms with Crippen LogP contribution in [0.1, 0.15) is 16.1 Å². The highest BCUT2D eigenvalue weighted by molar-refractivity contribution is 14.1. The van der Waals surface area contributed by atoms with Crippen LogP contribution in [-0.4, -0.2) is 64.3 Å². The van der Waals surface area contributed by atoms with Crippen LogP contribution >= 0.6 is 45.2 Å². The smallest absolute Gasteiger partial charge is 0.294 e. The summed E-state index contributed by atoms with van der Waals surface area (Å²) in [6.45, 7) is 0. The summed E-state index contributed by atoms with van der Waals surface area (Å²) in [5, 5.41) is 19.7. The van der Waals surface area contributed by atoms with Gasteiger partial charge >= 0.3 is 0 Å². The number of aromatic hydroxyl groups is 1. The Morgan fingerprint density at radius 3 is 1.85 bits per heavy atom. The Kier molecular flexibility index (Phi) is 10.5. The molecule has 3 aromatic rings. The molecule has 1 aromatic heterocycles. The number of carbonyl (C=O) groups excluding carboxylic acids is 3. The molecule has 244 valence electrons. The number of hydrogen-bond donors (Lipinski definition) is 5. The molecule has 0 radical (unpaired) electrons. The fourth-order valence-electron chi connectivity index (χ4n) is 3.97. The van der Waals surface area contributed by atoms with Crippen LogP contribution in [0.5, 0.6) is 5.88 Å². The van der Waals surface area contributed by atoms with Crippen LogP contribution in [0, 0.1) is 7.14 Å². The van der Waals surface area contributed by atoms with Gasteiger partial charge in [-0.25, -0.2) is 0 Å². The highest BCUT2D eigenvalue weighted by Gasteiger charge is 2.35. The lowest BCUT2D eigenvalue weighted by molar-refractivity contribution is -0.115. The molecular weight excluding hydrogens is 882 g/mol. The number of aromatic nitrogens is 2. The Balaban J connectivity index is 1.54. The standard InChI is InChI=1S/C27H20I2N6O10S2/c28-18-12-14(46(40,41)42)8-10-20(18)34-26(38)16(22(32-34)24(30)36)6-4-2-1-3-5-7-17-23(25(31)37)33-35(27(17)39)21-11-9-15(13-19(21)29)47(43,44)45/h1-13,38H,(H2,30,36)(H2,31,37)(H,40,41,42)(H,43,44,45)/b2-1+,5-3+,6-4+,17-7-/i28-2,29-2. The lowest BCUT2D eigenvalue weighted by Gasteiger charge is -2.14. The van der Waals surface area contributed by atoms with Gasteiger partial charge in [0.25, 0.3) is 38.0 Å². The number of benzene rings is 2. The lowest BCUT2D eigenvalue weighted by atomic mass is 10.1. The molecule has 1 aliphatic rings. The summed E-state index contributed by atoms with van der Waals surface area (Å²) in [4.78, 5) is 36.3. The minimum atomic E-state index is -4.49. The van der Waals surface area contributed by atoms with Gasteiger partial charge in [-0.3, -0.25) is 23.5 Å². The number of amides is 3. The molecule has 2 heterocycles. The van der Waals surface area contributed by atoms with E-state index in [1.54, 1.807) is 45.2 Å². The van der Waals surface area contributed by atoms with E-state index in [1.807, 2.05) is 0 Å². The van der Waals surface area contributed by atoms with E-state index in [4.69, 9.17) is 11.5 Å². The van der Waals surface area contributed by atoms with Gasteiger partial charge in [0.1, 0.15) is 0 Å². The van der Waals surface area contributed by atoms with Crippen molar-refractivity contribution >= 4 is 101 Å². The third-order valence-corrected chi connectivity index (χ3v) is 9.53. The van der Waals surface area contributed by atoms with E-state index in [1.165, 1.54) is 54.7 Å². The monoisotopic (exact) mass is 902 g/mol. The zero-order chi connectivity index (χ0) is 34.8. The Bertz CT molecular complexity index is 2220. The van der Waals surface area contributed by atoms with Crippen molar-refractivity contribution in [3.63, 3.8) is 0 Å². The summed E-state index contributed by atoms with van der Waals surface area (Å²) < 4.78 is 65.7. The molecule has 2 aromatic carbocycles. The van der Waals surface area contributed by atoms with Crippen LogP contribution in [-0.2, 0) is 29.8 Å². The molecule has 0 saturated heterocycles. The quantitative estimate of drug-likeness (QED) is 0.0853. The number of primary amides is 2. The predicted molar refractivity (Wildman–Crippen MR) is 185 cm³/mol. The number of rotatable bonds is 10. The summed E-state index contributed by atoms with van der Waals surface area (Å²) in [7, 11) is -8.96. The van der Waals surface area contributed by atoms with Gasteiger partial charge in [0.2, 0.25) is 5.88 Å². The summed E-state index contributed by atoms with van der Waals surface area (Å²) in [5.74, 6) is -3.15. The van der Waals surface area contributed by atoms with Gasteiger partial charge in [-0.2, -0.15) is 36.7 Å². The topological polar surface area (TPSA) is 266 Å². The summed E-state index contributed by atoms with van der Waals surface area (Å²) in [6.07, 6.45) is 9.95. The Hall–Kier alpha value is -4.23. The highest BCUT2D eigenvalue weighted by atomic mass is 125. The minimum absolute atomic E-state index is 0.0406. The van der Waals surface area contributed by atoms with E-state index in [0.717, 1.165) is 34.0 Å². The van der Waals surface area contributed by atoms with E-state index < -0.39 is 48.7 Å². The molecule has 3 amide bonds. The number of allylic oxidation sites excluding steroid dienone is 6. The second-order valence-electron chi connectivity index (χ2n) is 9.18. The molecule has 7 N–H and O–H groups in total. The van der Waals surface area contributed by atoms with Crippen molar-refractivity contribution in [2.24, 2.45) is 16.6 Å². The third kappa shape index (κ3) is 7.84. The van der Waals surface area contributed by atoms with E-state index in [2.05, 4.69) is 10.2 Å². The molecular formula is C27H20I2N6O10S2. The number of hydrogen-bond acceptors (Lipinski definition) is 10. The lowest BCUT2D eigenvalue weighted by Crippen LogP contribution is -2.25. The fourth-order valence-corrected chi connectivity index (χ4v) is 6.89. The van der Waals surface area contributed by atoms with Crippen LogP contribution in [0.15, 0.2) is 93.3 Å². The number of hydrazone groups is 1. The number of anilines is 1. The average molecular weight is 902 g/mol. The predicted octanol–water partition coefficient (Wildman–Crippen LogP) is 2.32. The van der Waals surface area contributed by atoms with E-state index >= 15 is 0 Å². The van der Waals surface area contributed by atoms with Crippen LogP contribution < -0.4 is 16.5 Å². The van der Waals surface area contributed by atoms with Crippen LogP contribution in [0.4, 0.5) is 5.69 Å². The van der Waals surface area contributed by atoms with Crippen molar-refractivity contribution in [3.05, 3.63) is 96.8 Å². The van der Waals surface area contributed by atoms with Crippen LogP contribution in [0.25, 0.3) is 11.8 Å². The average Bonchev–Trinajstić information content (AvgIpc) is 3.48. The first-order valence-electron chi connectivity index (χ1n) is 12.5. The van der Waals surface area contributed by atoms with E-state index in [-0.39, 0.29) is 46.0 Å². The zero-order valence-corrected chi connectivity index (χ0v) is 29.2. The minimum Gasteiger partial charge on any atom is -0.493 e. The number of nitrogens with zero attached hydrogens (tertiary/aromatic N) is 4. The molecule has 0 saturated carbocycles. The Labute approximate surface area is 293 Å². The summed E-state index contributed by atoms with van der Waals surface area (Å²) in [5.41, 5.74) is 10.4. The molecule has 47 heavy (non-hydrogen) atoms. The molecule has 0 spiro atoms. The Morgan fingerprint density at radius 1 is 0.809 bits per heavy atom. The first-order chi connectivity index (χ1) is 21.9. The fraction of sp³-hybridized carbons (Fsp3) is 0. The van der Waals surface area contributed by atoms with Gasteiger partial charge in [-0.05, 0) is 93.7 Å². The van der Waals surface area contributed by atoms with Crippen molar-refractivity contribution < 1.29 is 45.4 Å². The maximum Gasteiger partial charge on any atom is 0.294 e. The number of carbonyl (C=O) groups is 3. The maximum atomic E-state index is 13.1. The van der Waals surface area contributed by atoms with Crippen molar-refractivity contribution in [1.82, 2.24) is 9.78 Å². The number of halogens is 2. The molecule has 0 atom stereocenters. The van der Waals surface area contributed by atoms with Crippen LogP contribution in [0.3, 0.4) is 0 Å². The molecule has 0 fully saturated rings. The van der Waals surface area contributed by atoms with Crippen molar-refractivity contribution in [3.8, 4) is 11.6 Å². The third-order valence-electron chi connectivity index (χ3n) is 6.10. The van der Waals surface area contributed by atoms with E-state index in [9.17, 15) is 45.4 Å².